The first-order chi connectivity index (χ1) is 7.67. The second-order valence-corrected chi connectivity index (χ2v) is 5.85. The maximum Gasteiger partial charge on any atom is 0.140 e. The van der Waals surface area contributed by atoms with Crippen LogP contribution in [0.2, 0.25) is 0 Å². The molecule has 2 bridgehead atoms. The summed E-state index contributed by atoms with van der Waals surface area (Å²) in [4.78, 5) is 0. The first-order valence-corrected chi connectivity index (χ1v) is 6.67. The van der Waals surface area contributed by atoms with Crippen LogP contribution in [0.3, 0.4) is 0 Å². The number of piperidine rings is 1. The standard InChI is InChI=1S/C13H15BrFN/c14-12-4-2-1-3-11(12)13(15)7-9-5-6-10(8-13)16-9/h1-4,9-10,16H,5-8H2. The Kier molecular flexibility index (Phi) is 2.55. The van der Waals surface area contributed by atoms with Crippen molar-refractivity contribution >= 4 is 15.9 Å². The lowest BCUT2D eigenvalue weighted by atomic mass is 9.83. The minimum atomic E-state index is -1.14. The molecule has 3 rings (SSSR count). The number of benzene rings is 1. The molecular weight excluding hydrogens is 269 g/mol. The summed E-state index contributed by atoms with van der Waals surface area (Å²) in [6.07, 6.45) is 3.49. The number of hydrogen-bond acceptors (Lipinski definition) is 1. The summed E-state index contributed by atoms with van der Waals surface area (Å²) in [6, 6.07) is 8.44. The Morgan fingerprint density at radius 1 is 1.19 bits per heavy atom. The quantitative estimate of drug-likeness (QED) is 0.832. The molecule has 2 saturated heterocycles. The number of alkyl halides is 1. The van der Waals surface area contributed by atoms with E-state index in [1.54, 1.807) is 0 Å². The Morgan fingerprint density at radius 3 is 2.44 bits per heavy atom. The average Bonchev–Trinajstić information content (AvgIpc) is 2.59. The first kappa shape index (κ1) is 10.7. The van der Waals surface area contributed by atoms with Gasteiger partial charge >= 0.3 is 0 Å². The van der Waals surface area contributed by atoms with Crippen molar-refractivity contribution in [3.05, 3.63) is 34.3 Å². The van der Waals surface area contributed by atoms with Gasteiger partial charge in [-0.05, 0) is 18.9 Å². The van der Waals surface area contributed by atoms with Gasteiger partial charge in [-0.3, -0.25) is 0 Å². The monoisotopic (exact) mass is 283 g/mol. The van der Waals surface area contributed by atoms with Crippen molar-refractivity contribution in [2.75, 3.05) is 0 Å². The highest BCUT2D eigenvalue weighted by atomic mass is 79.9. The van der Waals surface area contributed by atoms with E-state index in [2.05, 4.69) is 21.2 Å². The Labute approximate surface area is 104 Å². The summed E-state index contributed by atoms with van der Waals surface area (Å²) in [5.74, 6) is 0. The molecule has 86 valence electrons. The maximum absolute atomic E-state index is 15.0. The second-order valence-electron chi connectivity index (χ2n) is 4.99. The van der Waals surface area contributed by atoms with E-state index in [0.717, 1.165) is 22.9 Å². The Bertz CT molecular complexity index is 395. The van der Waals surface area contributed by atoms with Crippen molar-refractivity contribution in [1.82, 2.24) is 5.32 Å². The van der Waals surface area contributed by atoms with Crippen molar-refractivity contribution in [2.45, 2.75) is 43.4 Å². The fourth-order valence-electron chi connectivity index (χ4n) is 3.13. The molecule has 0 aliphatic carbocycles. The summed E-state index contributed by atoms with van der Waals surface area (Å²) >= 11 is 3.47. The molecule has 0 radical (unpaired) electrons. The van der Waals surface area contributed by atoms with Gasteiger partial charge in [-0.1, -0.05) is 34.1 Å². The summed E-state index contributed by atoms with van der Waals surface area (Å²) in [5.41, 5.74) is -0.314. The number of fused-ring (bicyclic) bond motifs is 2. The van der Waals surface area contributed by atoms with Crippen molar-refractivity contribution in [2.24, 2.45) is 0 Å². The van der Waals surface area contributed by atoms with Crippen LogP contribution >= 0.6 is 15.9 Å². The van der Waals surface area contributed by atoms with Crippen LogP contribution in [0.25, 0.3) is 0 Å². The molecule has 0 aromatic heterocycles. The Hall–Kier alpha value is -0.410. The molecule has 2 heterocycles. The lowest BCUT2D eigenvalue weighted by molar-refractivity contribution is 0.0866. The van der Waals surface area contributed by atoms with Crippen LogP contribution in [-0.4, -0.2) is 12.1 Å². The zero-order valence-electron chi connectivity index (χ0n) is 9.05. The van der Waals surface area contributed by atoms with E-state index in [9.17, 15) is 0 Å². The SMILES string of the molecule is FC1(c2ccccc2Br)CC2CCC(C1)N2. The third kappa shape index (κ3) is 1.70. The van der Waals surface area contributed by atoms with Gasteiger partial charge in [0, 0.05) is 35.0 Å². The smallest absolute Gasteiger partial charge is 0.140 e. The van der Waals surface area contributed by atoms with Crippen LogP contribution in [0.5, 0.6) is 0 Å². The normalized spacial score (nSPS) is 37.6. The predicted octanol–water partition coefficient (Wildman–Crippen LogP) is 3.53. The molecule has 2 aliphatic rings. The van der Waals surface area contributed by atoms with E-state index in [-0.39, 0.29) is 0 Å². The fourth-order valence-corrected chi connectivity index (χ4v) is 3.77. The summed E-state index contributed by atoms with van der Waals surface area (Å²) in [6.45, 7) is 0. The van der Waals surface area contributed by atoms with Gasteiger partial charge in [0.1, 0.15) is 5.67 Å². The molecule has 1 N–H and O–H groups in total. The molecule has 1 nitrogen and oxygen atoms in total. The third-order valence-corrected chi connectivity index (χ3v) is 4.52. The molecule has 2 unspecified atom stereocenters. The molecule has 1 aromatic rings. The van der Waals surface area contributed by atoms with Crippen LogP contribution in [-0.2, 0) is 5.67 Å². The molecule has 1 aromatic carbocycles. The largest absolute Gasteiger partial charge is 0.311 e. The van der Waals surface area contributed by atoms with Crippen molar-refractivity contribution in [1.29, 1.82) is 0 Å². The highest BCUT2D eigenvalue weighted by Crippen LogP contribution is 2.45. The Morgan fingerprint density at radius 2 is 1.81 bits per heavy atom. The number of nitrogens with one attached hydrogen (secondary N) is 1. The van der Waals surface area contributed by atoms with Crippen LogP contribution in [0.1, 0.15) is 31.2 Å². The van der Waals surface area contributed by atoms with Crippen LogP contribution in [0, 0.1) is 0 Å². The molecule has 2 atom stereocenters. The van der Waals surface area contributed by atoms with E-state index < -0.39 is 5.67 Å². The average molecular weight is 284 g/mol. The minimum Gasteiger partial charge on any atom is -0.311 e. The first-order valence-electron chi connectivity index (χ1n) is 5.87. The zero-order chi connectivity index (χ0) is 11.2. The summed E-state index contributed by atoms with van der Waals surface area (Å²) < 4.78 is 15.9. The van der Waals surface area contributed by atoms with E-state index in [0.29, 0.717) is 24.9 Å². The molecule has 2 aliphatic heterocycles. The predicted molar refractivity (Wildman–Crippen MR) is 66.1 cm³/mol. The second kappa shape index (κ2) is 3.81. The molecule has 0 amide bonds. The molecule has 16 heavy (non-hydrogen) atoms. The molecule has 0 spiro atoms. The van der Waals surface area contributed by atoms with Crippen LogP contribution in [0.15, 0.2) is 28.7 Å². The maximum atomic E-state index is 15.0. The van der Waals surface area contributed by atoms with Gasteiger partial charge in [-0.25, -0.2) is 4.39 Å². The van der Waals surface area contributed by atoms with Crippen molar-refractivity contribution in [3.63, 3.8) is 0 Å². The van der Waals surface area contributed by atoms with E-state index in [1.165, 1.54) is 0 Å². The van der Waals surface area contributed by atoms with Gasteiger partial charge in [-0.15, -0.1) is 0 Å². The number of hydrogen-bond donors (Lipinski definition) is 1. The summed E-state index contributed by atoms with van der Waals surface area (Å²) in [5, 5.41) is 3.48. The van der Waals surface area contributed by atoms with Gasteiger partial charge < -0.3 is 5.32 Å². The fraction of sp³-hybridized carbons (Fsp3) is 0.538. The number of rotatable bonds is 1. The van der Waals surface area contributed by atoms with Gasteiger partial charge in [0.05, 0.1) is 0 Å². The van der Waals surface area contributed by atoms with Crippen LogP contribution in [0.4, 0.5) is 4.39 Å². The third-order valence-electron chi connectivity index (χ3n) is 3.83. The van der Waals surface area contributed by atoms with Crippen molar-refractivity contribution < 1.29 is 4.39 Å². The molecular formula is C13H15BrFN. The molecule has 0 saturated carbocycles. The van der Waals surface area contributed by atoms with E-state index in [1.807, 2.05) is 24.3 Å². The van der Waals surface area contributed by atoms with Crippen LogP contribution < -0.4 is 5.32 Å². The van der Waals surface area contributed by atoms with Gasteiger partial charge in [-0.2, -0.15) is 0 Å². The number of halogens is 2. The molecule has 3 heteroatoms. The summed E-state index contributed by atoms with van der Waals surface area (Å²) in [7, 11) is 0. The zero-order valence-corrected chi connectivity index (χ0v) is 10.6. The highest BCUT2D eigenvalue weighted by molar-refractivity contribution is 9.10. The van der Waals surface area contributed by atoms with Gasteiger partial charge in [0.25, 0.3) is 0 Å². The highest BCUT2D eigenvalue weighted by Gasteiger charge is 2.45. The topological polar surface area (TPSA) is 12.0 Å². The Balaban J connectivity index is 1.96. The van der Waals surface area contributed by atoms with Gasteiger partial charge in [0.2, 0.25) is 0 Å². The van der Waals surface area contributed by atoms with E-state index in [4.69, 9.17) is 0 Å². The lowest BCUT2D eigenvalue weighted by Gasteiger charge is -2.35. The van der Waals surface area contributed by atoms with Crippen molar-refractivity contribution in [3.8, 4) is 0 Å². The minimum absolute atomic E-state index is 0.371. The lowest BCUT2D eigenvalue weighted by Crippen LogP contribution is -2.44. The van der Waals surface area contributed by atoms with E-state index >= 15 is 4.39 Å². The van der Waals surface area contributed by atoms with Gasteiger partial charge in [0.15, 0.2) is 0 Å². The molecule has 2 fully saturated rings.